The lowest BCUT2D eigenvalue weighted by Crippen LogP contribution is -2.03. The molecule has 0 unspecified atom stereocenters. The number of rotatable bonds is 2. The third-order valence-electron chi connectivity index (χ3n) is 3.71. The summed E-state index contributed by atoms with van der Waals surface area (Å²) in [6.07, 6.45) is 1.73. The van der Waals surface area contributed by atoms with Gasteiger partial charge in [0.25, 0.3) is 5.95 Å². The van der Waals surface area contributed by atoms with Crippen LogP contribution in [0.1, 0.15) is 5.56 Å². The monoisotopic (exact) mass is 322 g/mol. The summed E-state index contributed by atoms with van der Waals surface area (Å²) in [4.78, 5) is 0. The predicted molar refractivity (Wildman–Crippen MR) is 87.5 cm³/mol. The fraction of sp³-hybridized carbons (Fsp3) is 0. The Morgan fingerprint density at radius 2 is 1.50 bits per heavy atom. The van der Waals surface area contributed by atoms with Crippen LogP contribution in [0.3, 0.4) is 0 Å². The minimum Gasteiger partial charge on any atom is -0.426 e. The van der Waals surface area contributed by atoms with Crippen molar-refractivity contribution in [3.8, 4) is 22.6 Å². The van der Waals surface area contributed by atoms with E-state index in [0.29, 0.717) is 17.1 Å². The highest BCUT2D eigenvalue weighted by atomic mass is 19.1. The van der Waals surface area contributed by atoms with Crippen molar-refractivity contribution in [2.45, 2.75) is 0 Å². The van der Waals surface area contributed by atoms with Crippen molar-refractivity contribution in [3.63, 3.8) is 0 Å². The first-order valence-electron chi connectivity index (χ1n) is 7.41. The van der Waals surface area contributed by atoms with Crippen LogP contribution in [0.5, 0.6) is 11.5 Å². The van der Waals surface area contributed by atoms with Crippen LogP contribution in [0, 0.1) is 11.6 Å². The molecule has 3 aromatic rings. The van der Waals surface area contributed by atoms with E-state index in [0.717, 1.165) is 11.1 Å². The average Bonchev–Trinajstić information content (AvgIpc) is 2.73. The second-order valence-electron chi connectivity index (χ2n) is 5.35. The first-order valence-corrected chi connectivity index (χ1v) is 7.41. The highest BCUT2D eigenvalue weighted by Crippen LogP contribution is 2.38. The van der Waals surface area contributed by atoms with Gasteiger partial charge in [0.1, 0.15) is 23.1 Å². The molecule has 24 heavy (non-hydrogen) atoms. The summed E-state index contributed by atoms with van der Waals surface area (Å²) in [5.74, 6) is 0.499. The van der Waals surface area contributed by atoms with Crippen LogP contribution in [-0.4, -0.2) is 0 Å². The molecule has 1 aliphatic rings. The highest BCUT2D eigenvalue weighted by molar-refractivity contribution is 5.81. The Bertz CT molecular complexity index is 931. The van der Waals surface area contributed by atoms with Gasteiger partial charge in [-0.3, -0.25) is 0 Å². The topological polar surface area (TPSA) is 18.5 Å². The maximum absolute atomic E-state index is 13.7. The van der Waals surface area contributed by atoms with Crippen LogP contribution in [0.25, 0.3) is 17.2 Å². The molecule has 1 aliphatic heterocycles. The van der Waals surface area contributed by atoms with Crippen LogP contribution < -0.4 is 9.47 Å². The molecule has 118 valence electrons. The molecule has 4 rings (SSSR count). The summed E-state index contributed by atoms with van der Waals surface area (Å²) < 4.78 is 38.2. The first-order chi connectivity index (χ1) is 11.7. The number of halogens is 2. The molecule has 0 radical (unpaired) electrons. The Hall–Kier alpha value is -3.14. The van der Waals surface area contributed by atoms with Crippen LogP contribution in [-0.2, 0) is 0 Å². The molecule has 0 saturated heterocycles. The van der Waals surface area contributed by atoms with Gasteiger partial charge in [-0.2, -0.15) is 0 Å². The summed E-state index contributed by atoms with van der Waals surface area (Å²) in [5, 5.41) is 0. The molecule has 0 fully saturated rings. The molecular formula is C20H12F2O2. The molecule has 0 aromatic heterocycles. The van der Waals surface area contributed by atoms with Crippen molar-refractivity contribution in [2.24, 2.45) is 0 Å². The van der Waals surface area contributed by atoms with Crippen molar-refractivity contribution in [1.29, 1.82) is 0 Å². The SMILES string of the molecule is Fc1ccc(OC2=Cc3ccccc3-c3cc(F)ccc3O2)cc1. The van der Waals surface area contributed by atoms with E-state index in [4.69, 9.17) is 9.47 Å². The zero-order valence-corrected chi connectivity index (χ0v) is 12.5. The van der Waals surface area contributed by atoms with E-state index in [9.17, 15) is 8.78 Å². The summed E-state index contributed by atoms with van der Waals surface area (Å²) in [5.41, 5.74) is 2.35. The Labute approximate surface area is 137 Å². The van der Waals surface area contributed by atoms with Gasteiger partial charge < -0.3 is 9.47 Å². The van der Waals surface area contributed by atoms with Gasteiger partial charge in [-0.15, -0.1) is 0 Å². The number of ether oxygens (including phenoxy) is 2. The Morgan fingerprint density at radius 1 is 0.750 bits per heavy atom. The lowest BCUT2D eigenvalue weighted by molar-refractivity contribution is 0.232. The number of hydrogen-bond acceptors (Lipinski definition) is 2. The minimum absolute atomic E-state index is 0.236. The molecule has 0 N–H and O–H groups in total. The van der Waals surface area contributed by atoms with Crippen molar-refractivity contribution < 1.29 is 18.3 Å². The second-order valence-corrected chi connectivity index (χ2v) is 5.35. The zero-order chi connectivity index (χ0) is 16.5. The van der Waals surface area contributed by atoms with Gasteiger partial charge >= 0.3 is 0 Å². The fourth-order valence-corrected chi connectivity index (χ4v) is 2.60. The Kier molecular flexibility index (Phi) is 3.50. The third kappa shape index (κ3) is 2.74. The molecule has 0 bridgehead atoms. The van der Waals surface area contributed by atoms with Crippen LogP contribution in [0.4, 0.5) is 8.78 Å². The summed E-state index contributed by atoms with van der Waals surface area (Å²) >= 11 is 0. The molecule has 1 heterocycles. The second kappa shape index (κ2) is 5.81. The minimum atomic E-state index is -0.343. The number of hydrogen-bond donors (Lipinski definition) is 0. The quantitative estimate of drug-likeness (QED) is 0.629. The largest absolute Gasteiger partial charge is 0.426 e. The van der Waals surface area contributed by atoms with Crippen LogP contribution in [0.2, 0.25) is 0 Å². The van der Waals surface area contributed by atoms with Gasteiger partial charge in [0.2, 0.25) is 0 Å². The summed E-state index contributed by atoms with van der Waals surface area (Å²) in [6.45, 7) is 0. The van der Waals surface area contributed by atoms with E-state index in [1.807, 2.05) is 24.3 Å². The van der Waals surface area contributed by atoms with Gasteiger partial charge in [0, 0.05) is 11.6 Å². The van der Waals surface area contributed by atoms with Crippen molar-refractivity contribution in [3.05, 3.63) is 89.9 Å². The highest BCUT2D eigenvalue weighted by Gasteiger charge is 2.18. The zero-order valence-electron chi connectivity index (χ0n) is 12.5. The van der Waals surface area contributed by atoms with Gasteiger partial charge in [0.15, 0.2) is 0 Å². The maximum Gasteiger partial charge on any atom is 0.290 e. The summed E-state index contributed by atoms with van der Waals surface area (Å²) in [7, 11) is 0. The van der Waals surface area contributed by atoms with Gasteiger partial charge in [0.05, 0.1) is 0 Å². The first kappa shape index (κ1) is 14.5. The van der Waals surface area contributed by atoms with Crippen LogP contribution in [0.15, 0.2) is 72.7 Å². The van der Waals surface area contributed by atoms with E-state index >= 15 is 0 Å². The normalized spacial score (nSPS) is 12.3. The van der Waals surface area contributed by atoms with Crippen molar-refractivity contribution in [2.75, 3.05) is 0 Å². The molecular weight excluding hydrogens is 310 g/mol. The molecule has 3 aromatic carbocycles. The van der Waals surface area contributed by atoms with E-state index in [1.165, 1.54) is 36.4 Å². The third-order valence-corrected chi connectivity index (χ3v) is 3.71. The Morgan fingerprint density at radius 3 is 2.33 bits per heavy atom. The molecule has 4 heteroatoms. The molecule has 0 atom stereocenters. The fourth-order valence-electron chi connectivity index (χ4n) is 2.60. The van der Waals surface area contributed by atoms with Crippen LogP contribution >= 0.6 is 0 Å². The van der Waals surface area contributed by atoms with Gasteiger partial charge in [-0.25, -0.2) is 8.78 Å². The van der Waals surface area contributed by atoms with Gasteiger partial charge in [-0.05, 0) is 53.6 Å². The predicted octanol–water partition coefficient (Wildman–Crippen LogP) is 5.40. The maximum atomic E-state index is 13.7. The molecule has 0 spiro atoms. The average molecular weight is 322 g/mol. The smallest absolute Gasteiger partial charge is 0.290 e. The molecule has 0 aliphatic carbocycles. The summed E-state index contributed by atoms with van der Waals surface area (Å²) in [6, 6.07) is 17.5. The molecule has 2 nitrogen and oxygen atoms in total. The Balaban J connectivity index is 1.79. The molecule has 0 saturated carbocycles. The lowest BCUT2D eigenvalue weighted by Gasteiger charge is -2.12. The lowest BCUT2D eigenvalue weighted by atomic mass is 9.99. The molecule has 0 amide bonds. The van der Waals surface area contributed by atoms with E-state index in [1.54, 1.807) is 12.1 Å². The van der Waals surface area contributed by atoms with E-state index in [-0.39, 0.29) is 17.6 Å². The number of benzene rings is 3. The standard InChI is InChI=1S/C20H12F2O2/c21-14-5-8-16(9-6-14)23-20-11-13-3-1-2-4-17(13)18-12-15(22)7-10-19(18)24-20/h1-12H. The van der Waals surface area contributed by atoms with Crippen molar-refractivity contribution >= 4 is 6.08 Å². The number of fused-ring (bicyclic) bond motifs is 3. The van der Waals surface area contributed by atoms with Crippen molar-refractivity contribution in [1.82, 2.24) is 0 Å². The van der Waals surface area contributed by atoms with Gasteiger partial charge in [-0.1, -0.05) is 24.3 Å². The van der Waals surface area contributed by atoms with E-state index in [2.05, 4.69) is 0 Å². The van der Waals surface area contributed by atoms with E-state index < -0.39 is 0 Å².